The highest BCUT2D eigenvalue weighted by Crippen LogP contribution is 2.34. The average molecular weight is 223 g/mol. The van der Waals surface area contributed by atoms with E-state index in [1.54, 1.807) is 10.9 Å². The zero-order chi connectivity index (χ0) is 11.8. The summed E-state index contributed by atoms with van der Waals surface area (Å²) in [6.45, 7) is 2.58. The molecule has 16 heavy (non-hydrogen) atoms. The first kappa shape index (κ1) is 11.1. The number of hydrogen-bond donors (Lipinski definition) is 1. The van der Waals surface area contributed by atoms with Crippen molar-refractivity contribution >= 4 is 5.78 Å². The Morgan fingerprint density at radius 1 is 1.69 bits per heavy atom. The fourth-order valence-electron chi connectivity index (χ4n) is 2.01. The Balaban J connectivity index is 2.37. The molecule has 0 amide bonds. The van der Waals surface area contributed by atoms with Crippen molar-refractivity contribution < 1.29 is 9.53 Å². The van der Waals surface area contributed by atoms with Gasteiger partial charge in [0, 0.05) is 6.54 Å². The molecule has 0 unspecified atom stereocenters. The Hall–Kier alpha value is -1.36. The van der Waals surface area contributed by atoms with Gasteiger partial charge in [0.25, 0.3) is 0 Å². The average Bonchev–Trinajstić information content (AvgIpc) is 2.67. The van der Waals surface area contributed by atoms with Gasteiger partial charge >= 0.3 is 0 Å². The number of carbonyl (C=O) groups excluding carboxylic acids is 1. The lowest BCUT2D eigenvalue weighted by atomic mass is 9.73. The third kappa shape index (κ3) is 1.51. The third-order valence-electron chi connectivity index (χ3n) is 3.24. The summed E-state index contributed by atoms with van der Waals surface area (Å²) >= 11 is 0. The number of hydrogen-bond acceptors (Lipinski definition) is 4. The Morgan fingerprint density at radius 3 is 2.81 bits per heavy atom. The van der Waals surface area contributed by atoms with Crippen LogP contribution in [-0.2, 0) is 6.54 Å². The molecule has 0 radical (unpaired) electrons. The van der Waals surface area contributed by atoms with E-state index in [9.17, 15) is 4.79 Å². The van der Waals surface area contributed by atoms with Gasteiger partial charge < -0.3 is 10.5 Å². The van der Waals surface area contributed by atoms with Crippen LogP contribution in [0.4, 0.5) is 0 Å². The molecule has 5 heteroatoms. The van der Waals surface area contributed by atoms with Gasteiger partial charge in [-0.15, -0.1) is 0 Å². The molecular weight excluding hydrogens is 206 g/mol. The van der Waals surface area contributed by atoms with E-state index in [0.29, 0.717) is 18.0 Å². The summed E-state index contributed by atoms with van der Waals surface area (Å²) < 4.78 is 6.80. The molecule has 5 nitrogen and oxygen atoms in total. The molecule has 1 saturated carbocycles. The van der Waals surface area contributed by atoms with Gasteiger partial charge in [-0.1, -0.05) is 0 Å². The minimum atomic E-state index is -0.694. The summed E-state index contributed by atoms with van der Waals surface area (Å²) in [4.78, 5) is 12.3. The summed E-state index contributed by atoms with van der Waals surface area (Å²) in [7, 11) is 1.54. The predicted octanol–water partition coefficient (Wildman–Crippen LogP) is 0.976. The van der Waals surface area contributed by atoms with Crippen molar-refractivity contribution in [1.82, 2.24) is 9.78 Å². The van der Waals surface area contributed by atoms with Crippen molar-refractivity contribution in [3.8, 4) is 5.75 Å². The van der Waals surface area contributed by atoms with Gasteiger partial charge in [-0.25, -0.2) is 0 Å². The first-order chi connectivity index (χ1) is 7.62. The molecule has 0 saturated heterocycles. The summed E-state index contributed by atoms with van der Waals surface area (Å²) in [6, 6.07) is 0. The van der Waals surface area contributed by atoms with Crippen LogP contribution in [0.25, 0.3) is 0 Å². The maximum atomic E-state index is 12.3. The first-order valence-electron chi connectivity index (χ1n) is 5.56. The number of nitrogens with zero attached hydrogens (tertiary/aromatic N) is 2. The van der Waals surface area contributed by atoms with Gasteiger partial charge in [0.15, 0.2) is 5.75 Å². The van der Waals surface area contributed by atoms with Crippen LogP contribution in [0.1, 0.15) is 36.7 Å². The first-order valence-corrected chi connectivity index (χ1v) is 5.56. The summed E-state index contributed by atoms with van der Waals surface area (Å²) in [5.41, 5.74) is 5.85. The van der Waals surface area contributed by atoms with E-state index < -0.39 is 5.54 Å². The predicted molar refractivity (Wildman–Crippen MR) is 59.6 cm³/mol. The quantitative estimate of drug-likeness (QED) is 0.772. The Labute approximate surface area is 94.6 Å². The number of carbonyl (C=O) groups is 1. The molecule has 1 aromatic heterocycles. The van der Waals surface area contributed by atoms with Crippen molar-refractivity contribution in [3.05, 3.63) is 11.9 Å². The molecular formula is C11H17N3O2. The van der Waals surface area contributed by atoms with E-state index in [2.05, 4.69) is 5.10 Å². The van der Waals surface area contributed by atoms with Crippen LogP contribution in [-0.4, -0.2) is 28.2 Å². The summed E-state index contributed by atoms with van der Waals surface area (Å²) in [5, 5.41) is 4.11. The van der Waals surface area contributed by atoms with Gasteiger partial charge in [-0.3, -0.25) is 9.48 Å². The standard InChI is InChI=1S/C11H17N3O2/c1-3-14-9(8(16-2)7-13-14)10(15)11(12)5-4-6-11/h7H,3-6,12H2,1-2H3. The van der Waals surface area contributed by atoms with E-state index in [1.165, 1.54) is 7.11 Å². The van der Waals surface area contributed by atoms with Crippen molar-refractivity contribution in [1.29, 1.82) is 0 Å². The molecule has 0 aliphatic heterocycles. The molecule has 88 valence electrons. The second-order valence-electron chi connectivity index (χ2n) is 4.22. The van der Waals surface area contributed by atoms with E-state index >= 15 is 0 Å². The van der Waals surface area contributed by atoms with Crippen molar-refractivity contribution in [2.24, 2.45) is 5.73 Å². The zero-order valence-corrected chi connectivity index (χ0v) is 9.69. The van der Waals surface area contributed by atoms with E-state index in [-0.39, 0.29) is 5.78 Å². The van der Waals surface area contributed by atoms with Gasteiger partial charge in [0.1, 0.15) is 5.69 Å². The van der Waals surface area contributed by atoms with Gasteiger partial charge in [-0.2, -0.15) is 5.10 Å². The molecule has 2 rings (SSSR count). The normalized spacial score (nSPS) is 17.9. The molecule has 1 aliphatic rings. The summed E-state index contributed by atoms with van der Waals surface area (Å²) in [6.07, 6.45) is 4.09. The van der Waals surface area contributed by atoms with Gasteiger partial charge in [-0.05, 0) is 26.2 Å². The smallest absolute Gasteiger partial charge is 0.204 e. The number of aryl methyl sites for hydroxylation is 1. The number of Topliss-reactive ketones (excluding diaryl/α,β-unsaturated/α-hetero) is 1. The summed E-state index contributed by atoms with van der Waals surface area (Å²) in [5.74, 6) is 0.471. The number of ketones is 1. The minimum absolute atomic E-state index is 0.0463. The lowest BCUT2D eigenvalue weighted by molar-refractivity contribution is 0.0785. The monoisotopic (exact) mass is 223 g/mol. The molecule has 0 atom stereocenters. The topological polar surface area (TPSA) is 70.1 Å². The maximum absolute atomic E-state index is 12.3. The Morgan fingerprint density at radius 2 is 2.38 bits per heavy atom. The second kappa shape index (κ2) is 3.90. The Kier molecular flexibility index (Phi) is 2.71. The van der Waals surface area contributed by atoms with E-state index in [0.717, 1.165) is 19.3 Å². The third-order valence-corrected chi connectivity index (χ3v) is 3.24. The van der Waals surface area contributed by atoms with Crippen LogP contribution in [0.3, 0.4) is 0 Å². The number of aromatic nitrogens is 2. The van der Waals surface area contributed by atoms with Crippen LogP contribution in [0, 0.1) is 0 Å². The highest BCUT2D eigenvalue weighted by molar-refractivity contribution is 6.04. The lowest BCUT2D eigenvalue weighted by Crippen LogP contribution is -2.54. The van der Waals surface area contributed by atoms with Crippen LogP contribution >= 0.6 is 0 Å². The van der Waals surface area contributed by atoms with Gasteiger partial charge in [0.2, 0.25) is 5.78 Å². The van der Waals surface area contributed by atoms with Crippen LogP contribution in [0.15, 0.2) is 6.20 Å². The van der Waals surface area contributed by atoms with Crippen molar-refractivity contribution in [3.63, 3.8) is 0 Å². The fourth-order valence-corrected chi connectivity index (χ4v) is 2.01. The molecule has 1 heterocycles. The van der Waals surface area contributed by atoms with Crippen LogP contribution in [0.5, 0.6) is 5.75 Å². The fraction of sp³-hybridized carbons (Fsp3) is 0.636. The van der Waals surface area contributed by atoms with Crippen LogP contribution < -0.4 is 10.5 Å². The number of ether oxygens (including phenoxy) is 1. The largest absolute Gasteiger partial charge is 0.493 e. The van der Waals surface area contributed by atoms with Crippen molar-refractivity contribution in [2.45, 2.75) is 38.3 Å². The minimum Gasteiger partial charge on any atom is -0.493 e. The van der Waals surface area contributed by atoms with E-state index in [4.69, 9.17) is 10.5 Å². The number of methoxy groups -OCH3 is 1. The molecule has 1 aliphatic carbocycles. The number of nitrogens with two attached hydrogens (primary N) is 1. The van der Waals surface area contributed by atoms with Crippen LogP contribution in [0.2, 0.25) is 0 Å². The molecule has 1 fully saturated rings. The maximum Gasteiger partial charge on any atom is 0.204 e. The van der Waals surface area contributed by atoms with Gasteiger partial charge in [0.05, 0.1) is 18.8 Å². The lowest BCUT2D eigenvalue weighted by Gasteiger charge is -2.36. The Bertz CT molecular complexity index is 386. The zero-order valence-electron chi connectivity index (χ0n) is 9.69. The molecule has 0 bridgehead atoms. The van der Waals surface area contributed by atoms with Crippen molar-refractivity contribution in [2.75, 3.05) is 7.11 Å². The number of rotatable bonds is 4. The molecule has 1 aromatic rings. The van der Waals surface area contributed by atoms with E-state index in [1.807, 2.05) is 6.92 Å². The molecule has 2 N–H and O–H groups in total. The molecule has 0 aromatic carbocycles. The molecule has 0 spiro atoms. The SMILES string of the molecule is CCn1ncc(OC)c1C(=O)C1(N)CCC1. The highest BCUT2D eigenvalue weighted by atomic mass is 16.5. The highest BCUT2D eigenvalue weighted by Gasteiger charge is 2.43. The second-order valence-corrected chi connectivity index (χ2v) is 4.22.